The highest BCUT2D eigenvalue weighted by Crippen LogP contribution is 2.14. The molecule has 1 aromatic carbocycles. The largest absolute Gasteiger partial charge is 0.371 e. The molecule has 3 nitrogen and oxygen atoms in total. The number of aromatic amines is 1. The van der Waals surface area contributed by atoms with Gasteiger partial charge < -0.3 is 10.3 Å². The van der Waals surface area contributed by atoms with Crippen LogP contribution in [0.2, 0.25) is 0 Å². The van der Waals surface area contributed by atoms with Crippen LogP contribution < -0.4 is 10.9 Å². The highest BCUT2D eigenvalue weighted by Gasteiger charge is 2.04. The number of rotatable bonds is 5. The maximum atomic E-state index is 11.9. The Labute approximate surface area is 107 Å². The van der Waals surface area contributed by atoms with Gasteiger partial charge in [-0.15, -0.1) is 0 Å². The highest BCUT2D eigenvalue weighted by atomic mass is 16.1. The van der Waals surface area contributed by atoms with Gasteiger partial charge in [0.1, 0.15) is 5.82 Å². The maximum Gasteiger partial charge on any atom is 0.257 e. The van der Waals surface area contributed by atoms with Crippen LogP contribution in [-0.4, -0.2) is 11.5 Å². The quantitative estimate of drug-likeness (QED) is 0.847. The highest BCUT2D eigenvalue weighted by molar-refractivity contribution is 5.83. The molecule has 2 rings (SSSR count). The average molecular weight is 244 g/mol. The van der Waals surface area contributed by atoms with Crippen molar-refractivity contribution in [1.29, 1.82) is 0 Å². The van der Waals surface area contributed by atoms with Crippen LogP contribution in [0.3, 0.4) is 0 Å². The summed E-state index contributed by atoms with van der Waals surface area (Å²) >= 11 is 0. The molecule has 3 heteroatoms. The van der Waals surface area contributed by atoms with Gasteiger partial charge in [-0.3, -0.25) is 4.79 Å². The Morgan fingerprint density at radius 2 is 1.94 bits per heavy atom. The van der Waals surface area contributed by atoms with Gasteiger partial charge in [0, 0.05) is 11.9 Å². The maximum absolute atomic E-state index is 11.9. The number of hydrogen-bond donors (Lipinski definition) is 2. The van der Waals surface area contributed by atoms with Crippen molar-refractivity contribution in [3.05, 3.63) is 40.7 Å². The number of aromatic nitrogens is 1. The lowest BCUT2D eigenvalue weighted by Gasteiger charge is -2.14. The minimum Gasteiger partial charge on any atom is -0.371 e. The molecule has 1 heterocycles. The molecule has 2 aromatic rings. The molecule has 0 saturated carbocycles. The van der Waals surface area contributed by atoms with Crippen LogP contribution in [0, 0.1) is 5.92 Å². The van der Waals surface area contributed by atoms with Crippen LogP contribution >= 0.6 is 0 Å². The smallest absolute Gasteiger partial charge is 0.257 e. The normalized spacial score (nSPS) is 11.1. The van der Waals surface area contributed by atoms with Crippen molar-refractivity contribution in [2.45, 2.75) is 26.7 Å². The summed E-state index contributed by atoms with van der Waals surface area (Å²) in [5.41, 5.74) is -0.0276. The molecule has 0 aliphatic heterocycles. The van der Waals surface area contributed by atoms with E-state index in [1.54, 1.807) is 0 Å². The Kier molecular flexibility index (Phi) is 4.03. The topological polar surface area (TPSA) is 44.9 Å². The number of H-pyrrole nitrogens is 1. The third kappa shape index (κ3) is 2.73. The van der Waals surface area contributed by atoms with Crippen molar-refractivity contribution < 1.29 is 0 Å². The minimum absolute atomic E-state index is 0.0276. The number of hydrogen-bond acceptors (Lipinski definition) is 2. The Balaban J connectivity index is 2.22. The molecule has 0 fully saturated rings. The minimum atomic E-state index is -0.0276. The van der Waals surface area contributed by atoms with E-state index in [0.717, 1.165) is 36.0 Å². The van der Waals surface area contributed by atoms with Gasteiger partial charge in [0.25, 0.3) is 5.56 Å². The third-order valence-electron chi connectivity index (χ3n) is 3.49. The molecule has 0 bridgehead atoms. The fourth-order valence-corrected chi connectivity index (χ4v) is 2.14. The third-order valence-corrected chi connectivity index (χ3v) is 3.49. The predicted octanol–water partition coefficient (Wildman–Crippen LogP) is 3.38. The summed E-state index contributed by atoms with van der Waals surface area (Å²) in [6.45, 7) is 5.29. The van der Waals surface area contributed by atoms with Gasteiger partial charge in [-0.25, -0.2) is 0 Å². The fourth-order valence-electron chi connectivity index (χ4n) is 2.14. The van der Waals surface area contributed by atoms with Crippen molar-refractivity contribution in [3.63, 3.8) is 0 Å². The van der Waals surface area contributed by atoms with Crippen molar-refractivity contribution in [2.24, 2.45) is 5.92 Å². The monoisotopic (exact) mass is 244 g/mol. The Morgan fingerprint density at radius 3 is 2.67 bits per heavy atom. The molecule has 0 unspecified atom stereocenters. The van der Waals surface area contributed by atoms with Gasteiger partial charge in [0.2, 0.25) is 0 Å². The Bertz CT molecular complexity index is 570. The zero-order chi connectivity index (χ0) is 13.0. The van der Waals surface area contributed by atoms with Gasteiger partial charge in [-0.2, -0.15) is 0 Å². The summed E-state index contributed by atoms with van der Waals surface area (Å²) in [6, 6.07) is 9.64. The SMILES string of the molecule is CCC(CC)CNc1cc2ccccc2c(=O)[nH]1. The molecule has 0 aliphatic rings. The van der Waals surface area contributed by atoms with Gasteiger partial charge in [0.05, 0.1) is 0 Å². The van der Waals surface area contributed by atoms with Crippen LogP contribution in [0.25, 0.3) is 10.8 Å². The van der Waals surface area contributed by atoms with Crippen LogP contribution in [-0.2, 0) is 0 Å². The van der Waals surface area contributed by atoms with Crippen LogP contribution in [0.1, 0.15) is 26.7 Å². The molecule has 18 heavy (non-hydrogen) atoms. The first-order valence-corrected chi connectivity index (χ1v) is 6.60. The zero-order valence-electron chi connectivity index (χ0n) is 11.0. The van der Waals surface area contributed by atoms with E-state index in [2.05, 4.69) is 24.1 Å². The van der Waals surface area contributed by atoms with E-state index < -0.39 is 0 Å². The first-order chi connectivity index (χ1) is 8.74. The summed E-state index contributed by atoms with van der Waals surface area (Å²) < 4.78 is 0. The lowest BCUT2D eigenvalue weighted by atomic mass is 10.0. The summed E-state index contributed by atoms with van der Waals surface area (Å²) in [6.07, 6.45) is 2.31. The van der Waals surface area contributed by atoms with Crippen LogP contribution in [0.4, 0.5) is 5.82 Å². The number of pyridine rings is 1. The summed E-state index contributed by atoms with van der Waals surface area (Å²) in [5.74, 6) is 1.46. The van der Waals surface area contributed by atoms with Crippen molar-refractivity contribution in [1.82, 2.24) is 4.98 Å². The lowest BCUT2D eigenvalue weighted by Crippen LogP contribution is -2.16. The van der Waals surface area contributed by atoms with Gasteiger partial charge >= 0.3 is 0 Å². The van der Waals surface area contributed by atoms with E-state index in [9.17, 15) is 4.79 Å². The van der Waals surface area contributed by atoms with E-state index >= 15 is 0 Å². The van der Waals surface area contributed by atoms with E-state index in [0.29, 0.717) is 5.92 Å². The summed E-state index contributed by atoms with van der Waals surface area (Å²) in [5, 5.41) is 5.05. The second-order valence-electron chi connectivity index (χ2n) is 4.66. The molecule has 0 radical (unpaired) electrons. The van der Waals surface area contributed by atoms with Gasteiger partial charge in [0.15, 0.2) is 0 Å². The van der Waals surface area contributed by atoms with Crippen molar-refractivity contribution >= 4 is 16.6 Å². The average Bonchev–Trinajstić information content (AvgIpc) is 2.40. The molecular formula is C15H20N2O. The molecule has 0 aliphatic carbocycles. The molecule has 2 N–H and O–H groups in total. The van der Waals surface area contributed by atoms with E-state index in [1.165, 1.54) is 0 Å². The molecule has 96 valence electrons. The number of fused-ring (bicyclic) bond motifs is 1. The second kappa shape index (κ2) is 5.71. The molecular weight excluding hydrogens is 224 g/mol. The fraction of sp³-hybridized carbons (Fsp3) is 0.400. The van der Waals surface area contributed by atoms with Gasteiger partial charge in [-0.05, 0) is 23.4 Å². The summed E-state index contributed by atoms with van der Waals surface area (Å²) in [7, 11) is 0. The molecule has 0 amide bonds. The number of benzene rings is 1. The second-order valence-corrected chi connectivity index (χ2v) is 4.66. The molecule has 1 aromatic heterocycles. The first kappa shape index (κ1) is 12.7. The van der Waals surface area contributed by atoms with Gasteiger partial charge in [-0.1, -0.05) is 44.9 Å². The van der Waals surface area contributed by atoms with Crippen LogP contribution in [0.15, 0.2) is 35.1 Å². The van der Waals surface area contributed by atoms with E-state index in [4.69, 9.17) is 0 Å². The Morgan fingerprint density at radius 1 is 1.22 bits per heavy atom. The van der Waals surface area contributed by atoms with Crippen LogP contribution in [0.5, 0.6) is 0 Å². The predicted molar refractivity (Wildman–Crippen MR) is 77.1 cm³/mol. The van der Waals surface area contributed by atoms with E-state index in [1.807, 2.05) is 30.3 Å². The first-order valence-electron chi connectivity index (χ1n) is 6.60. The van der Waals surface area contributed by atoms with Crippen molar-refractivity contribution in [3.8, 4) is 0 Å². The standard InChI is InChI=1S/C15H20N2O/c1-3-11(4-2)10-16-14-9-12-7-5-6-8-13(12)15(18)17-14/h5-9,11H,3-4,10H2,1-2H3,(H2,16,17,18). The lowest BCUT2D eigenvalue weighted by molar-refractivity contribution is 0.518. The number of anilines is 1. The molecule has 0 saturated heterocycles. The van der Waals surface area contributed by atoms with E-state index in [-0.39, 0.29) is 5.56 Å². The van der Waals surface area contributed by atoms with Crippen molar-refractivity contribution in [2.75, 3.05) is 11.9 Å². The molecule has 0 atom stereocenters. The zero-order valence-corrected chi connectivity index (χ0v) is 11.0. The number of nitrogens with one attached hydrogen (secondary N) is 2. The Hall–Kier alpha value is -1.77. The molecule has 0 spiro atoms. The summed E-state index contributed by atoms with van der Waals surface area (Å²) in [4.78, 5) is 14.8.